The minimum Gasteiger partial charge on any atom is -0.616 e. The van der Waals surface area contributed by atoms with Gasteiger partial charge in [0, 0.05) is 16.6 Å². The zero-order valence-corrected chi connectivity index (χ0v) is 23.8. The van der Waals surface area contributed by atoms with Gasteiger partial charge in [0.15, 0.2) is 0 Å². The van der Waals surface area contributed by atoms with Gasteiger partial charge in [-0.05, 0) is 80.3 Å². The van der Waals surface area contributed by atoms with Gasteiger partial charge < -0.3 is 19.0 Å². The van der Waals surface area contributed by atoms with Crippen LogP contribution in [0.4, 0.5) is 15.9 Å². The summed E-state index contributed by atoms with van der Waals surface area (Å²) in [4.78, 5) is 10.9. The Morgan fingerprint density at radius 1 is 1.07 bits per heavy atom. The number of hydrogen-bond donors (Lipinski definition) is 1. The number of furan rings is 1. The fourth-order valence-electron chi connectivity index (χ4n) is 4.32. The molecule has 0 aliphatic rings. The smallest absolute Gasteiger partial charge is 0.141 e. The van der Waals surface area contributed by atoms with Gasteiger partial charge in [0.25, 0.3) is 0 Å². The van der Waals surface area contributed by atoms with Crippen molar-refractivity contribution in [2.75, 3.05) is 31.4 Å². The minimum absolute atomic E-state index is 0.0915. The molecule has 1 unspecified atom stereocenters. The Bertz CT molecular complexity index is 1630. The zero-order valence-electron chi connectivity index (χ0n) is 22.2. The number of hydrogen-bond acceptors (Lipinski definition) is 7. The van der Waals surface area contributed by atoms with Crippen LogP contribution in [-0.4, -0.2) is 45.5 Å². The predicted octanol–water partition coefficient (Wildman–Crippen LogP) is 6.99. The third kappa shape index (κ3) is 6.56. The monoisotopic (exact) mass is 578 g/mol. The summed E-state index contributed by atoms with van der Waals surface area (Å²) >= 11 is 5.53. The van der Waals surface area contributed by atoms with Crippen molar-refractivity contribution in [3.8, 4) is 17.1 Å². The Balaban J connectivity index is 1.36. The summed E-state index contributed by atoms with van der Waals surface area (Å²) in [6, 6.07) is 21.2. The van der Waals surface area contributed by atoms with Gasteiger partial charge in [0.05, 0.1) is 16.8 Å². The van der Waals surface area contributed by atoms with E-state index in [-0.39, 0.29) is 18.5 Å². The average molecular weight is 579 g/mol. The second-order valence-electron chi connectivity index (χ2n) is 9.56. The van der Waals surface area contributed by atoms with Gasteiger partial charge in [-0.15, -0.1) is 0 Å². The van der Waals surface area contributed by atoms with Crippen LogP contribution in [0.5, 0.6) is 5.75 Å². The van der Waals surface area contributed by atoms with Crippen molar-refractivity contribution in [1.29, 1.82) is 0 Å². The van der Waals surface area contributed by atoms with Crippen molar-refractivity contribution in [3.63, 3.8) is 0 Å². The van der Waals surface area contributed by atoms with Crippen LogP contribution in [0.2, 0.25) is 5.02 Å². The van der Waals surface area contributed by atoms with Crippen molar-refractivity contribution in [2.24, 2.45) is 0 Å². The molecule has 0 spiro atoms. The van der Waals surface area contributed by atoms with Crippen LogP contribution < -0.4 is 10.1 Å². The van der Waals surface area contributed by atoms with Crippen LogP contribution in [0.15, 0.2) is 83.5 Å². The van der Waals surface area contributed by atoms with Crippen molar-refractivity contribution < 1.29 is 18.1 Å². The molecule has 0 aliphatic carbocycles. The number of rotatable bonds is 10. The Morgan fingerprint density at radius 3 is 2.67 bits per heavy atom. The van der Waals surface area contributed by atoms with E-state index in [1.54, 1.807) is 30.5 Å². The highest BCUT2D eigenvalue weighted by atomic mass is 35.5. The molecule has 0 radical (unpaired) electrons. The largest absolute Gasteiger partial charge is 0.616 e. The van der Waals surface area contributed by atoms with Gasteiger partial charge in [0.1, 0.15) is 53.6 Å². The van der Waals surface area contributed by atoms with Crippen LogP contribution >= 0.6 is 11.6 Å². The summed E-state index contributed by atoms with van der Waals surface area (Å²) < 4.78 is 37.3. The molecule has 10 heteroatoms. The van der Waals surface area contributed by atoms with Crippen molar-refractivity contribution >= 4 is 45.2 Å². The number of anilines is 2. The van der Waals surface area contributed by atoms with Crippen molar-refractivity contribution in [1.82, 2.24) is 14.9 Å². The molecule has 1 N–H and O–H groups in total. The van der Waals surface area contributed by atoms with Crippen molar-refractivity contribution in [3.05, 3.63) is 101 Å². The second-order valence-corrected chi connectivity index (χ2v) is 11.5. The molecule has 5 rings (SSSR count). The Kier molecular flexibility index (Phi) is 8.56. The Hall–Kier alpha value is -3.63. The van der Waals surface area contributed by atoms with Gasteiger partial charge in [-0.2, -0.15) is 0 Å². The summed E-state index contributed by atoms with van der Waals surface area (Å²) in [7, 11) is 3.89. The van der Waals surface area contributed by atoms with Crippen LogP contribution in [0, 0.1) is 5.82 Å². The maximum Gasteiger partial charge on any atom is 0.141 e. The van der Waals surface area contributed by atoms with E-state index in [4.69, 9.17) is 20.8 Å². The maximum absolute atomic E-state index is 13.5. The standard InChI is InChI=1S/C30H28ClFN4O3S/c1-36(2)26(17-40(3)37)29-12-11-27(39-29)20-7-9-25-23(14-20)30(34-18-33-25)35-22-8-10-28(24(31)15-22)38-16-19-5-4-6-21(32)13-19/h4-15,18,26H,16-17H2,1-3H3,(H,33,34,35)/t26-,40?/m1/s1. The van der Waals surface area contributed by atoms with Gasteiger partial charge in [-0.25, -0.2) is 14.4 Å². The van der Waals surface area contributed by atoms with Crippen molar-refractivity contribution in [2.45, 2.75) is 12.6 Å². The minimum atomic E-state index is -0.965. The molecule has 0 saturated carbocycles. The molecule has 0 bridgehead atoms. The lowest BCUT2D eigenvalue weighted by atomic mass is 10.1. The quantitative estimate of drug-likeness (QED) is 0.179. The molecule has 5 aromatic rings. The predicted molar refractivity (Wildman–Crippen MR) is 158 cm³/mol. The lowest BCUT2D eigenvalue weighted by Gasteiger charge is -2.22. The van der Waals surface area contributed by atoms with E-state index >= 15 is 0 Å². The highest BCUT2D eigenvalue weighted by Gasteiger charge is 2.23. The van der Waals surface area contributed by atoms with E-state index in [9.17, 15) is 8.94 Å². The summed E-state index contributed by atoms with van der Waals surface area (Å²) in [6.07, 6.45) is 3.19. The van der Waals surface area contributed by atoms with E-state index in [2.05, 4.69) is 15.3 Å². The Morgan fingerprint density at radius 2 is 1.93 bits per heavy atom. The van der Waals surface area contributed by atoms with Crippen LogP contribution in [0.1, 0.15) is 17.4 Å². The number of ether oxygens (including phenoxy) is 1. The van der Waals surface area contributed by atoms with Gasteiger partial charge in [-0.3, -0.25) is 4.90 Å². The third-order valence-electron chi connectivity index (χ3n) is 6.37. The number of halogens is 2. The van der Waals surface area contributed by atoms with Crippen LogP contribution in [0.25, 0.3) is 22.2 Å². The molecule has 7 nitrogen and oxygen atoms in total. The maximum atomic E-state index is 13.5. The lowest BCUT2D eigenvalue weighted by molar-refractivity contribution is 0.281. The Labute approximate surface area is 240 Å². The van der Waals surface area contributed by atoms with E-state index in [0.717, 1.165) is 27.9 Å². The SMILES string of the molecule is CN(C)[C@H](C[S+](C)[O-])c1ccc(-c2ccc3ncnc(Nc4ccc(OCc5cccc(F)c5)c(Cl)c4)c3c2)o1. The molecule has 0 fully saturated rings. The van der Waals surface area contributed by atoms with Gasteiger partial charge in [0.2, 0.25) is 0 Å². The van der Waals surface area contributed by atoms with Gasteiger partial charge in [-0.1, -0.05) is 34.9 Å². The summed E-state index contributed by atoms with van der Waals surface area (Å²) in [5.74, 6) is 2.72. The van der Waals surface area contributed by atoms with Gasteiger partial charge >= 0.3 is 0 Å². The molecule has 3 aromatic carbocycles. The number of aromatic nitrogens is 2. The molecular weight excluding hydrogens is 551 g/mol. The highest BCUT2D eigenvalue weighted by Crippen LogP contribution is 2.34. The second kappa shape index (κ2) is 12.3. The summed E-state index contributed by atoms with van der Waals surface area (Å²) in [5.41, 5.74) is 3.06. The van der Waals surface area contributed by atoms with E-state index in [1.807, 2.05) is 55.4 Å². The molecule has 206 valence electrons. The molecule has 2 aromatic heterocycles. The topological polar surface area (TPSA) is 86.5 Å². The first-order valence-corrected chi connectivity index (χ1v) is 14.6. The number of fused-ring (bicyclic) bond motifs is 1. The lowest BCUT2D eigenvalue weighted by Crippen LogP contribution is -2.26. The third-order valence-corrected chi connectivity index (χ3v) is 7.45. The number of nitrogens with one attached hydrogen (secondary N) is 1. The normalized spacial score (nSPS) is 13.0. The first kappa shape index (κ1) is 27.9. The van der Waals surface area contributed by atoms with Crippen LogP contribution in [-0.2, 0) is 17.8 Å². The molecule has 40 heavy (non-hydrogen) atoms. The first-order chi connectivity index (χ1) is 19.3. The summed E-state index contributed by atoms with van der Waals surface area (Å²) in [6.45, 7) is 0.198. The number of benzene rings is 3. The molecule has 0 saturated heterocycles. The average Bonchev–Trinajstić information content (AvgIpc) is 3.41. The zero-order chi connectivity index (χ0) is 28.2. The van der Waals surface area contributed by atoms with E-state index in [1.165, 1.54) is 18.5 Å². The molecule has 0 amide bonds. The molecule has 0 aliphatic heterocycles. The fourth-order valence-corrected chi connectivity index (χ4v) is 5.47. The highest BCUT2D eigenvalue weighted by molar-refractivity contribution is 7.90. The fraction of sp³-hybridized carbons (Fsp3) is 0.200. The number of nitrogens with zero attached hydrogens (tertiary/aromatic N) is 3. The molecular formula is C30H28ClFN4O3S. The van der Waals surface area contributed by atoms with E-state index < -0.39 is 11.2 Å². The summed E-state index contributed by atoms with van der Waals surface area (Å²) in [5, 5.41) is 4.54. The van der Waals surface area contributed by atoms with Crippen LogP contribution in [0.3, 0.4) is 0 Å². The first-order valence-electron chi connectivity index (χ1n) is 12.5. The molecule has 2 atom stereocenters. The van der Waals surface area contributed by atoms with E-state index in [0.29, 0.717) is 33.7 Å². The molecule has 2 heterocycles.